The Hall–Kier alpha value is -2.87. The molecule has 1 heterocycles. The van der Waals surface area contributed by atoms with Gasteiger partial charge in [0.15, 0.2) is 0 Å². The first kappa shape index (κ1) is 49.2. The van der Waals surface area contributed by atoms with Crippen molar-refractivity contribution in [3.8, 4) is 0 Å². The molecule has 0 unspecified atom stereocenters. The van der Waals surface area contributed by atoms with E-state index >= 15 is 0 Å². The molecule has 5 rings (SSSR count). The number of rotatable bonds is 28. The number of quaternary nitrogens is 1. The minimum absolute atomic E-state index is 0.169. The van der Waals surface area contributed by atoms with Gasteiger partial charge in [-0.1, -0.05) is 0 Å². The summed E-state index contributed by atoms with van der Waals surface area (Å²) in [7, 11) is 0.938. The molecule has 0 saturated carbocycles. The molecule has 1 aliphatic heterocycles. The minimum atomic E-state index is -2.07. The van der Waals surface area contributed by atoms with Crippen molar-refractivity contribution in [2.45, 2.75) is 141 Å². The van der Waals surface area contributed by atoms with E-state index in [1.165, 1.54) is 115 Å². The molecule has 0 aromatic heterocycles. The quantitative estimate of drug-likeness (QED) is 0.0267. The van der Waals surface area contributed by atoms with Gasteiger partial charge in [-0.3, -0.25) is 4.79 Å². The van der Waals surface area contributed by atoms with E-state index < -0.39 is 14.5 Å². The van der Waals surface area contributed by atoms with Crippen LogP contribution >= 0.6 is 14.5 Å². The van der Waals surface area contributed by atoms with Gasteiger partial charge in [0.2, 0.25) is 0 Å². The summed E-state index contributed by atoms with van der Waals surface area (Å²) in [6.07, 6.45) is 24.2. The third kappa shape index (κ3) is 14.9. The van der Waals surface area contributed by atoms with Crippen LogP contribution in [0.3, 0.4) is 0 Å². The fraction of sp³-hybridized carbons (Fsp3) is 0.545. The van der Waals surface area contributed by atoms with E-state index in [4.69, 9.17) is 4.74 Å². The zero-order chi connectivity index (χ0) is 43.5. The van der Waals surface area contributed by atoms with Crippen molar-refractivity contribution in [2.75, 3.05) is 51.9 Å². The van der Waals surface area contributed by atoms with Crippen molar-refractivity contribution < 1.29 is 14.0 Å². The Labute approximate surface area is 374 Å². The number of hydrogen-bond donors (Lipinski definition) is 1. The van der Waals surface area contributed by atoms with Crippen molar-refractivity contribution >= 4 is 42.2 Å². The molecule has 1 saturated heterocycles. The maximum absolute atomic E-state index is 10.4. The molecule has 0 bridgehead atoms. The Morgan fingerprint density at radius 2 is 0.820 bits per heavy atom. The molecule has 0 atom stereocenters. The molecule has 61 heavy (non-hydrogen) atoms. The summed E-state index contributed by atoms with van der Waals surface area (Å²) in [6.45, 7) is 12.0. The van der Waals surface area contributed by atoms with Crippen molar-refractivity contribution in [3.63, 3.8) is 0 Å². The van der Waals surface area contributed by atoms with E-state index in [1.807, 2.05) is 0 Å². The van der Waals surface area contributed by atoms with Gasteiger partial charge in [-0.2, -0.15) is 0 Å². The summed E-state index contributed by atoms with van der Waals surface area (Å²) in [4.78, 5) is 10.4. The third-order valence-corrected chi connectivity index (χ3v) is 25.0. The zero-order valence-corrected chi connectivity index (χ0v) is 41.3. The molecule has 0 amide bonds. The van der Waals surface area contributed by atoms with Crippen molar-refractivity contribution in [3.05, 3.63) is 121 Å². The molecule has 1 fully saturated rings. The Morgan fingerprint density at radius 3 is 1.18 bits per heavy atom. The first-order valence-electron chi connectivity index (χ1n) is 24.3. The zero-order valence-electron chi connectivity index (χ0n) is 39.3. The summed E-state index contributed by atoms with van der Waals surface area (Å²) in [6, 6.07) is 47.7. The number of hydrogen-bond acceptors (Lipinski definition) is 3. The number of unbranched alkanes of at least 4 members (excludes halogenated alkanes) is 10. The van der Waals surface area contributed by atoms with E-state index in [0.29, 0.717) is 19.1 Å². The van der Waals surface area contributed by atoms with Crippen LogP contribution in [0, 0.1) is 0 Å². The van der Waals surface area contributed by atoms with Crippen LogP contribution in [0.25, 0.3) is 0 Å². The standard InChI is InChI=1S/C55H85N2O2P2/c1-54(2)46-49(47-55(3,4)56-54)57(5,6)40-26-29-43-61(52-36-22-16-23-37-52,53-38-24-17-25-39-53)45-31-30-44-60(50-32-18-14-19-33-50,51-34-20-15-21-35-51)42-28-13-11-9-7-8-10-12-27-41-59-48-58/h14-25,32-39,48-49,56,60-61H,7-13,26-31,40-47H2,1-6H3/q+1. The molecular weight excluding hydrogens is 783 g/mol. The van der Waals surface area contributed by atoms with Gasteiger partial charge >= 0.3 is 365 Å². The van der Waals surface area contributed by atoms with Crippen LogP contribution in [0.2, 0.25) is 0 Å². The SMILES string of the molecule is CC1(C)CC([N+](C)(C)CCCC[PH](CCCC[PH](CCCCCCCCCCCOC=O)(c2ccccc2)c2ccccc2)(c2ccccc2)c2ccccc2)CC(C)(C)N1. The van der Waals surface area contributed by atoms with Crippen LogP contribution < -0.4 is 26.5 Å². The van der Waals surface area contributed by atoms with Crippen LogP contribution in [-0.2, 0) is 9.53 Å². The van der Waals surface area contributed by atoms with E-state index in [1.54, 1.807) is 21.2 Å². The normalized spacial score (nSPS) is 16.2. The average molecular weight is 868 g/mol. The molecule has 4 aromatic rings. The van der Waals surface area contributed by atoms with Gasteiger partial charge in [-0.05, 0) is 0 Å². The number of nitrogens with one attached hydrogen (secondary N) is 1. The van der Waals surface area contributed by atoms with Gasteiger partial charge in [0, 0.05) is 0 Å². The van der Waals surface area contributed by atoms with Crippen LogP contribution in [0.1, 0.15) is 124 Å². The van der Waals surface area contributed by atoms with E-state index in [-0.39, 0.29) is 11.1 Å². The summed E-state index contributed by atoms with van der Waals surface area (Å²) in [5.41, 5.74) is 0.339. The molecule has 0 spiro atoms. The number of carbonyl (C=O) groups is 1. The summed E-state index contributed by atoms with van der Waals surface area (Å²) < 4.78 is 5.97. The number of ether oxygens (including phenoxy) is 1. The Kier molecular flexibility index (Phi) is 19.5. The van der Waals surface area contributed by atoms with Crippen LogP contribution in [0.15, 0.2) is 121 Å². The molecule has 0 aliphatic carbocycles. The van der Waals surface area contributed by atoms with Gasteiger partial charge in [0.1, 0.15) is 0 Å². The predicted molar refractivity (Wildman–Crippen MR) is 274 cm³/mol. The first-order chi connectivity index (χ1) is 29.4. The molecule has 4 aromatic carbocycles. The Morgan fingerprint density at radius 1 is 0.508 bits per heavy atom. The van der Waals surface area contributed by atoms with Gasteiger partial charge in [0.25, 0.3) is 6.47 Å². The fourth-order valence-electron chi connectivity index (χ4n) is 11.4. The third-order valence-electron chi connectivity index (χ3n) is 14.4. The number of benzene rings is 4. The van der Waals surface area contributed by atoms with E-state index in [9.17, 15) is 4.79 Å². The fourth-order valence-corrected chi connectivity index (χ4v) is 21.6. The first-order valence-corrected chi connectivity index (χ1v) is 29.1. The molecule has 1 aliphatic rings. The molecular formula is C55H85N2O2P2+. The number of piperidine rings is 1. The second kappa shape index (κ2) is 24.3. The van der Waals surface area contributed by atoms with Gasteiger partial charge in [0.05, 0.1) is 0 Å². The molecule has 1 N–H and O–H groups in total. The van der Waals surface area contributed by atoms with Gasteiger partial charge in [-0.25, -0.2) is 0 Å². The monoisotopic (exact) mass is 868 g/mol. The topological polar surface area (TPSA) is 38.3 Å². The summed E-state index contributed by atoms with van der Waals surface area (Å²) in [5.74, 6) is 0. The maximum atomic E-state index is 10.4. The van der Waals surface area contributed by atoms with Crippen LogP contribution in [0.4, 0.5) is 0 Å². The van der Waals surface area contributed by atoms with E-state index in [2.05, 4.69) is 168 Å². The second-order valence-electron chi connectivity index (χ2n) is 20.6. The molecule has 4 nitrogen and oxygen atoms in total. The Balaban J connectivity index is 1.29. The van der Waals surface area contributed by atoms with Gasteiger partial charge in [-0.15, -0.1) is 0 Å². The predicted octanol–water partition coefficient (Wildman–Crippen LogP) is 11.4. The van der Waals surface area contributed by atoms with Crippen molar-refractivity contribution in [2.24, 2.45) is 0 Å². The molecule has 6 heteroatoms. The molecule has 0 radical (unpaired) electrons. The van der Waals surface area contributed by atoms with Crippen LogP contribution in [-0.4, -0.2) is 80.0 Å². The number of nitrogens with zero attached hydrogens (tertiary/aromatic N) is 1. The van der Waals surface area contributed by atoms with Gasteiger partial charge < -0.3 is 0 Å². The van der Waals surface area contributed by atoms with E-state index in [0.717, 1.165) is 17.3 Å². The molecule has 336 valence electrons. The summed E-state index contributed by atoms with van der Waals surface area (Å²) >= 11 is 0. The Bertz CT molecular complexity index is 1700. The average Bonchev–Trinajstić information content (AvgIpc) is 3.25. The number of carbonyl (C=O) groups excluding carboxylic acids is 1. The van der Waals surface area contributed by atoms with Crippen molar-refractivity contribution in [1.82, 2.24) is 5.32 Å². The van der Waals surface area contributed by atoms with Crippen molar-refractivity contribution in [1.29, 1.82) is 0 Å². The van der Waals surface area contributed by atoms with Crippen LogP contribution in [0.5, 0.6) is 0 Å². The summed E-state index contributed by atoms with van der Waals surface area (Å²) in [5, 5.41) is 10.4. The second-order valence-corrected chi connectivity index (χ2v) is 29.3.